The number of hydrogen-bond donors (Lipinski definition) is 0. The van der Waals surface area contributed by atoms with Crippen molar-refractivity contribution in [3.05, 3.63) is 35.9 Å². The summed E-state index contributed by atoms with van der Waals surface area (Å²) in [7, 11) is 0. The summed E-state index contributed by atoms with van der Waals surface area (Å²) in [5, 5.41) is 0. The zero-order chi connectivity index (χ0) is 7.23. The predicted octanol–water partition coefficient (Wildman–Crippen LogP) is 0.535. The maximum Gasteiger partial charge on any atom is 0.293 e. The SMILES string of the molecule is O.O=COCc1ccccc1. The Morgan fingerprint density at radius 1 is 1.27 bits per heavy atom. The Bertz CT molecular complexity index is 196. The van der Waals surface area contributed by atoms with Gasteiger partial charge in [0.15, 0.2) is 0 Å². The van der Waals surface area contributed by atoms with Gasteiger partial charge in [0.1, 0.15) is 6.61 Å². The van der Waals surface area contributed by atoms with E-state index in [1.807, 2.05) is 30.3 Å². The van der Waals surface area contributed by atoms with Gasteiger partial charge in [-0.25, -0.2) is 0 Å². The summed E-state index contributed by atoms with van der Waals surface area (Å²) in [6.07, 6.45) is 0. The Hall–Kier alpha value is -1.35. The second-order valence-corrected chi connectivity index (χ2v) is 1.89. The van der Waals surface area contributed by atoms with Gasteiger partial charge in [-0.2, -0.15) is 0 Å². The number of benzene rings is 1. The van der Waals surface area contributed by atoms with Crippen molar-refractivity contribution in [2.24, 2.45) is 0 Å². The van der Waals surface area contributed by atoms with Crippen LogP contribution in [0.2, 0.25) is 0 Å². The Morgan fingerprint density at radius 3 is 2.45 bits per heavy atom. The van der Waals surface area contributed by atoms with E-state index in [1.54, 1.807) is 0 Å². The van der Waals surface area contributed by atoms with E-state index < -0.39 is 0 Å². The molecule has 3 nitrogen and oxygen atoms in total. The molecule has 0 aliphatic rings. The predicted molar refractivity (Wildman–Crippen MR) is 40.9 cm³/mol. The van der Waals surface area contributed by atoms with Crippen LogP contribution in [0.15, 0.2) is 30.3 Å². The van der Waals surface area contributed by atoms with Crippen LogP contribution >= 0.6 is 0 Å². The van der Waals surface area contributed by atoms with Crippen LogP contribution in [0.25, 0.3) is 0 Å². The van der Waals surface area contributed by atoms with E-state index in [1.165, 1.54) is 0 Å². The molecule has 0 radical (unpaired) electrons. The van der Waals surface area contributed by atoms with Crippen molar-refractivity contribution in [2.75, 3.05) is 0 Å². The van der Waals surface area contributed by atoms with Gasteiger partial charge < -0.3 is 10.2 Å². The molecular formula is C8H10O3. The minimum atomic E-state index is 0. The number of ether oxygens (including phenoxy) is 1. The van der Waals surface area contributed by atoms with Crippen LogP contribution in [0.1, 0.15) is 5.56 Å². The minimum absolute atomic E-state index is 0. The molecule has 0 atom stereocenters. The first-order chi connectivity index (χ1) is 4.93. The van der Waals surface area contributed by atoms with Crippen molar-refractivity contribution in [2.45, 2.75) is 6.61 Å². The normalized spacial score (nSPS) is 8.00. The molecular weight excluding hydrogens is 144 g/mol. The van der Waals surface area contributed by atoms with Gasteiger partial charge in [0.2, 0.25) is 0 Å². The van der Waals surface area contributed by atoms with E-state index >= 15 is 0 Å². The number of hydrogen-bond acceptors (Lipinski definition) is 2. The molecule has 0 heterocycles. The minimum Gasteiger partial charge on any atom is -0.463 e. The van der Waals surface area contributed by atoms with Crippen molar-refractivity contribution in [1.29, 1.82) is 0 Å². The topological polar surface area (TPSA) is 57.8 Å². The Balaban J connectivity index is 0.000001000. The summed E-state index contributed by atoms with van der Waals surface area (Å²) in [6.45, 7) is 0.817. The van der Waals surface area contributed by atoms with Crippen molar-refractivity contribution >= 4 is 6.47 Å². The van der Waals surface area contributed by atoms with Gasteiger partial charge in [-0.15, -0.1) is 0 Å². The molecule has 0 aromatic heterocycles. The van der Waals surface area contributed by atoms with Crippen LogP contribution < -0.4 is 0 Å². The van der Waals surface area contributed by atoms with Gasteiger partial charge in [-0.1, -0.05) is 30.3 Å². The number of carbonyl (C=O) groups is 1. The highest BCUT2D eigenvalue weighted by atomic mass is 16.5. The summed E-state index contributed by atoms with van der Waals surface area (Å²) in [6, 6.07) is 9.55. The van der Waals surface area contributed by atoms with Crippen molar-refractivity contribution in [1.82, 2.24) is 0 Å². The molecule has 3 heteroatoms. The largest absolute Gasteiger partial charge is 0.463 e. The first kappa shape index (κ1) is 9.65. The first-order valence-corrected chi connectivity index (χ1v) is 3.02. The smallest absolute Gasteiger partial charge is 0.293 e. The maximum atomic E-state index is 9.76. The Morgan fingerprint density at radius 2 is 1.91 bits per heavy atom. The van der Waals surface area contributed by atoms with Gasteiger partial charge >= 0.3 is 0 Å². The Kier molecular flexibility index (Phi) is 4.77. The van der Waals surface area contributed by atoms with Crippen molar-refractivity contribution < 1.29 is 15.0 Å². The van der Waals surface area contributed by atoms with Crippen LogP contribution in [-0.2, 0) is 16.1 Å². The van der Waals surface area contributed by atoms with Gasteiger partial charge in [0.05, 0.1) is 0 Å². The molecule has 1 aromatic rings. The Labute approximate surface area is 64.9 Å². The summed E-state index contributed by atoms with van der Waals surface area (Å²) >= 11 is 0. The fourth-order valence-electron chi connectivity index (χ4n) is 0.704. The van der Waals surface area contributed by atoms with E-state index in [-0.39, 0.29) is 5.48 Å². The van der Waals surface area contributed by atoms with Crippen LogP contribution in [0.3, 0.4) is 0 Å². The standard InChI is InChI=1S/C8H8O2.H2O/c9-7-10-6-8-4-2-1-3-5-8;/h1-5,7H,6H2;1H2. The molecule has 1 rings (SSSR count). The highest BCUT2D eigenvalue weighted by Gasteiger charge is 1.87. The zero-order valence-corrected chi connectivity index (χ0v) is 5.99. The van der Waals surface area contributed by atoms with Crippen LogP contribution in [0, 0.1) is 0 Å². The molecule has 2 N–H and O–H groups in total. The van der Waals surface area contributed by atoms with E-state index in [2.05, 4.69) is 4.74 Å². The van der Waals surface area contributed by atoms with Crippen molar-refractivity contribution in [3.63, 3.8) is 0 Å². The average molecular weight is 154 g/mol. The summed E-state index contributed by atoms with van der Waals surface area (Å²) in [5.74, 6) is 0. The highest BCUT2D eigenvalue weighted by Crippen LogP contribution is 1.98. The summed E-state index contributed by atoms with van der Waals surface area (Å²) in [4.78, 5) is 9.76. The molecule has 0 saturated heterocycles. The fraction of sp³-hybridized carbons (Fsp3) is 0.125. The third-order valence-corrected chi connectivity index (χ3v) is 1.16. The third kappa shape index (κ3) is 3.37. The van der Waals surface area contributed by atoms with Gasteiger partial charge in [0.25, 0.3) is 6.47 Å². The van der Waals surface area contributed by atoms with Crippen LogP contribution in [0.5, 0.6) is 0 Å². The average Bonchev–Trinajstić information content (AvgIpc) is 2.03. The van der Waals surface area contributed by atoms with Gasteiger partial charge in [0, 0.05) is 0 Å². The van der Waals surface area contributed by atoms with E-state index in [9.17, 15) is 4.79 Å². The number of rotatable bonds is 3. The summed E-state index contributed by atoms with van der Waals surface area (Å²) in [5.41, 5.74) is 1.01. The second-order valence-electron chi connectivity index (χ2n) is 1.89. The first-order valence-electron chi connectivity index (χ1n) is 3.02. The van der Waals surface area contributed by atoms with Gasteiger partial charge in [-0.3, -0.25) is 4.79 Å². The number of carbonyl (C=O) groups excluding carboxylic acids is 1. The molecule has 0 fully saturated rings. The van der Waals surface area contributed by atoms with E-state index in [0.717, 1.165) is 5.56 Å². The zero-order valence-electron chi connectivity index (χ0n) is 5.99. The molecule has 11 heavy (non-hydrogen) atoms. The molecule has 0 saturated carbocycles. The molecule has 0 bridgehead atoms. The lowest BCUT2D eigenvalue weighted by Crippen LogP contribution is -1.88. The molecule has 0 aliphatic heterocycles. The monoisotopic (exact) mass is 154 g/mol. The maximum absolute atomic E-state index is 9.76. The molecule has 1 aromatic carbocycles. The molecule has 60 valence electrons. The molecule has 0 spiro atoms. The molecule has 0 unspecified atom stereocenters. The third-order valence-electron chi connectivity index (χ3n) is 1.16. The van der Waals surface area contributed by atoms with Crippen molar-refractivity contribution in [3.8, 4) is 0 Å². The van der Waals surface area contributed by atoms with E-state index in [4.69, 9.17) is 0 Å². The lowest BCUT2D eigenvalue weighted by molar-refractivity contribution is -0.129. The van der Waals surface area contributed by atoms with E-state index in [0.29, 0.717) is 13.1 Å². The molecule has 0 amide bonds. The molecule has 0 aliphatic carbocycles. The quantitative estimate of drug-likeness (QED) is 0.596. The highest BCUT2D eigenvalue weighted by molar-refractivity contribution is 5.37. The van der Waals surface area contributed by atoms with Crippen LogP contribution in [0.4, 0.5) is 0 Å². The second kappa shape index (κ2) is 5.44. The summed E-state index contributed by atoms with van der Waals surface area (Å²) < 4.78 is 4.54. The van der Waals surface area contributed by atoms with Gasteiger partial charge in [-0.05, 0) is 5.56 Å². The lowest BCUT2D eigenvalue weighted by atomic mass is 10.2. The lowest BCUT2D eigenvalue weighted by Gasteiger charge is -1.95. The van der Waals surface area contributed by atoms with Crippen LogP contribution in [-0.4, -0.2) is 11.9 Å². The fourth-order valence-corrected chi connectivity index (χ4v) is 0.704.